The third-order valence-electron chi connectivity index (χ3n) is 3.59. The molecule has 0 aromatic carbocycles. The van der Waals surface area contributed by atoms with Gasteiger partial charge in [0.05, 0.1) is 12.1 Å². The highest BCUT2D eigenvalue weighted by atomic mass is 16.3. The highest BCUT2D eigenvalue weighted by molar-refractivity contribution is 5.77. The lowest BCUT2D eigenvalue weighted by molar-refractivity contribution is -0.123. The Morgan fingerprint density at radius 2 is 2.00 bits per heavy atom. The first-order valence-electron chi connectivity index (χ1n) is 6.53. The third kappa shape index (κ3) is 4.64. The number of rotatable bonds is 3. The minimum atomic E-state index is -0.390. The molecule has 1 fully saturated rings. The second-order valence-corrected chi connectivity index (χ2v) is 6.20. The van der Waals surface area contributed by atoms with Gasteiger partial charge in [0.15, 0.2) is 0 Å². The van der Waals surface area contributed by atoms with E-state index in [-0.39, 0.29) is 23.4 Å². The van der Waals surface area contributed by atoms with Crippen molar-refractivity contribution >= 4 is 5.91 Å². The molecule has 0 aromatic heterocycles. The summed E-state index contributed by atoms with van der Waals surface area (Å²) in [4.78, 5) is 11.8. The summed E-state index contributed by atoms with van der Waals surface area (Å²) in [6, 6.07) is -0.230. The van der Waals surface area contributed by atoms with Crippen LogP contribution in [0.4, 0.5) is 0 Å². The fourth-order valence-corrected chi connectivity index (χ4v) is 2.05. The molecule has 100 valence electrons. The molecule has 4 heteroatoms. The number of carbonyl (C=O) groups excluding carboxylic acids is 1. The first kappa shape index (κ1) is 14.5. The predicted molar refractivity (Wildman–Crippen MR) is 68.5 cm³/mol. The van der Waals surface area contributed by atoms with Gasteiger partial charge in [0.25, 0.3) is 0 Å². The zero-order valence-electron chi connectivity index (χ0n) is 11.2. The van der Waals surface area contributed by atoms with Gasteiger partial charge in [-0.05, 0) is 18.3 Å². The molecule has 0 saturated heterocycles. The van der Waals surface area contributed by atoms with E-state index in [1.54, 1.807) is 0 Å². The summed E-state index contributed by atoms with van der Waals surface area (Å²) in [5.74, 6) is -0.0432. The van der Waals surface area contributed by atoms with Gasteiger partial charge in [0.1, 0.15) is 0 Å². The van der Waals surface area contributed by atoms with Gasteiger partial charge in [-0.1, -0.05) is 33.6 Å². The van der Waals surface area contributed by atoms with E-state index >= 15 is 0 Å². The van der Waals surface area contributed by atoms with E-state index < -0.39 is 6.10 Å². The van der Waals surface area contributed by atoms with Crippen LogP contribution in [0.2, 0.25) is 0 Å². The minimum absolute atomic E-state index is 0.0432. The van der Waals surface area contributed by atoms with Crippen LogP contribution in [0.15, 0.2) is 0 Å². The summed E-state index contributed by atoms with van der Waals surface area (Å²) < 4.78 is 0. The Morgan fingerprint density at radius 1 is 1.41 bits per heavy atom. The molecule has 0 heterocycles. The molecule has 1 aliphatic carbocycles. The number of hydrogen-bond acceptors (Lipinski definition) is 3. The second kappa shape index (κ2) is 5.83. The summed E-state index contributed by atoms with van der Waals surface area (Å²) >= 11 is 0. The number of aliphatic hydroxyl groups excluding tert-OH is 1. The third-order valence-corrected chi connectivity index (χ3v) is 3.59. The van der Waals surface area contributed by atoms with Crippen molar-refractivity contribution in [2.45, 2.75) is 71.1 Å². The summed E-state index contributed by atoms with van der Waals surface area (Å²) in [5.41, 5.74) is 5.90. The van der Waals surface area contributed by atoms with Crippen LogP contribution in [0, 0.1) is 5.41 Å². The highest BCUT2D eigenvalue weighted by Gasteiger charge is 2.27. The van der Waals surface area contributed by atoms with Gasteiger partial charge in [-0.3, -0.25) is 4.79 Å². The monoisotopic (exact) mass is 242 g/mol. The van der Waals surface area contributed by atoms with Gasteiger partial charge in [-0.15, -0.1) is 0 Å². The summed E-state index contributed by atoms with van der Waals surface area (Å²) in [5, 5.41) is 12.7. The zero-order valence-corrected chi connectivity index (χ0v) is 11.2. The maximum atomic E-state index is 11.8. The first-order chi connectivity index (χ1) is 7.80. The summed E-state index contributed by atoms with van der Waals surface area (Å²) in [6.45, 7) is 6.08. The topological polar surface area (TPSA) is 75.4 Å². The molecule has 1 rings (SSSR count). The van der Waals surface area contributed by atoms with E-state index in [9.17, 15) is 9.90 Å². The summed E-state index contributed by atoms with van der Waals surface area (Å²) in [6.07, 6.45) is 3.72. The Balaban J connectivity index is 2.38. The van der Waals surface area contributed by atoms with E-state index in [4.69, 9.17) is 5.73 Å². The molecule has 1 saturated carbocycles. The molecule has 0 radical (unpaired) electrons. The molecule has 3 atom stereocenters. The van der Waals surface area contributed by atoms with Crippen LogP contribution in [-0.2, 0) is 4.79 Å². The first-order valence-corrected chi connectivity index (χ1v) is 6.53. The smallest absolute Gasteiger partial charge is 0.221 e. The molecule has 0 aromatic rings. The van der Waals surface area contributed by atoms with Crippen LogP contribution < -0.4 is 11.1 Å². The Bertz CT molecular complexity index is 261. The SMILES string of the molecule is CC(C)(C)C(N)CC(=O)N[C@@H]1CCCC[C@H]1O. The Kier molecular flexibility index (Phi) is 4.95. The van der Waals surface area contributed by atoms with Gasteiger partial charge >= 0.3 is 0 Å². The molecule has 1 amide bonds. The van der Waals surface area contributed by atoms with Crippen LogP contribution in [0.5, 0.6) is 0 Å². The molecule has 4 N–H and O–H groups in total. The van der Waals surface area contributed by atoms with Gasteiger partial charge in [-0.2, -0.15) is 0 Å². The lowest BCUT2D eigenvalue weighted by atomic mass is 9.85. The van der Waals surface area contributed by atoms with Crippen LogP contribution in [0.25, 0.3) is 0 Å². The van der Waals surface area contributed by atoms with Crippen molar-refractivity contribution < 1.29 is 9.90 Å². The highest BCUT2D eigenvalue weighted by Crippen LogP contribution is 2.21. The number of nitrogens with one attached hydrogen (secondary N) is 1. The van der Waals surface area contributed by atoms with Crippen molar-refractivity contribution in [3.05, 3.63) is 0 Å². The van der Waals surface area contributed by atoms with Gasteiger partial charge in [-0.25, -0.2) is 0 Å². The molecular weight excluding hydrogens is 216 g/mol. The standard InChI is InChI=1S/C13H26N2O2/c1-13(2,3)11(14)8-12(17)15-9-6-4-5-7-10(9)16/h9-11,16H,4-8,14H2,1-3H3,(H,15,17)/t9-,10-,11?/m1/s1. The predicted octanol–water partition coefficient (Wildman–Crippen LogP) is 1.17. The summed E-state index contributed by atoms with van der Waals surface area (Å²) in [7, 11) is 0. The van der Waals surface area contributed by atoms with Crippen molar-refractivity contribution in [2.24, 2.45) is 11.1 Å². The Morgan fingerprint density at radius 3 is 2.53 bits per heavy atom. The van der Waals surface area contributed by atoms with Crippen molar-refractivity contribution in [1.82, 2.24) is 5.32 Å². The molecule has 17 heavy (non-hydrogen) atoms. The molecule has 0 bridgehead atoms. The van der Waals surface area contributed by atoms with Gasteiger partial charge in [0, 0.05) is 12.5 Å². The maximum absolute atomic E-state index is 11.8. The van der Waals surface area contributed by atoms with Crippen molar-refractivity contribution in [3.63, 3.8) is 0 Å². The van der Waals surface area contributed by atoms with Crippen LogP contribution >= 0.6 is 0 Å². The van der Waals surface area contributed by atoms with Crippen LogP contribution in [-0.4, -0.2) is 29.2 Å². The Hall–Kier alpha value is -0.610. The molecule has 1 aliphatic rings. The Labute approximate surface area is 104 Å². The number of amides is 1. The minimum Gasteiger partial charge on any atom is -0.391 e. The van der Waals surface area contributed by atoms with E-state index in [0.717, 1.165) is 25.7 Å². The lowest BCUT2D eigenvalue weighted by Gasteiger charge is -2.30. The van der Waals surface area contributed by atoms with E-state index in [0.29, 0.717) is 6.42 Å². The molecule has 0 spiro atoms. The molecule has 1 unspecified atom stereocenters. The van der Waals surface area contributed by atoms with Crippen molar-refractivity contribution in [3.8, 4) is 0 Å². The number of nitrogens with two attached hydrogens (primary N) is 1. The van der Waals surface area contributed by atoms with Crippen LogP contribution in [0.1, 0.15) is 52.9 Å². The number of hydrogen-bond donors (Lipinski definition) is 3. The van der Waals surface area contributed by atoms with E-state index in [1.165, 1.54) is 0 Å². The average molecular weight is 242 g/mol. The zero-order chi connectivity index (χ0) is 13.1. The number of carbonyl (C=O) groups is 1. The fourth-order valence-electron chi connectivity index (χ4n) is 2.05. The van der Waals surface area contributed by atoms with Crippen molar-refractivity contribution in [1.29, 1.82) is 0 Å². The normalized spacial score (nSPS) is 27.6. The van der Waals surface area contributed by atoms with E-state index in [2.05, 4.69) is 5.32 Å². The van der Waals surface area contributed by atoms with E-state index in [1.807, 2.05) is 20.8 Å². The molecule has 4 nitrogen and oxygen atoms in total. The molecular formula is C13H26N2O2. The fraction of sp³-hybridized carbons (Fsp3) is 0.923. The maximum Gasteiger partial charge on any atom is 0.221 e. The van der Waals surface area contributed by atoms with Crippen molar-refractivity contribution in [2.75, 3.05) is 0 Å². The number of aliphatic hydroxyl groups is 1. The van der Waals surface area contributed by atoms with Gasteiger partial charge < -0.3 is 16.2 Å². The van der Waals surface area contributed by atoms with Crippen LogP contribution in [0.3, 0.4) is 0 Å². The quantitative estimate of drug-likeness (QED) is 0.695. The lowest BCUT2D eigenvalue weighted by Crippen LogP contribution is -2.48. The largest absolute Gasteiger partial charge is 0.391 e. The molecule has 0 aliphatic heterocycles. The van der Waals surface area contributed by atoms with Gasteiger partial charge in [0.2, 0.25) is 5.91 Å². The average Bonchev–Trinajstić information content (AvgIpc) is 2.20. The second-order valence-electron chi connectivity index (χ2n) is 6.20.